The van der Waals surface area contributed by atoms with E-state index < -0.39 is 28.1 Å². The van der Waals surface area contributed by atoms with E-state index in [4.69, 9.17) is 9.29 Å². The quantitative estimate of drug-likeness (QED) is 0.638. The molecule has 19 heavy (non-hydrogen) atoms. The first kappa shape index (κ1) is 15.4. The first-order chi connectivity index (χ1) is 8.77. The second-order valence-corrected chi connectivity index (χ2v) is 5.79. The Kier molecular flexibility index (Phi) is 4.85. The summed E-state index contributed by atoms with van der Waals surface area (Å²) in [6.45, 7) is 6.78. The molecule has 0 fully saturated rings. The largest absolute Gasteiger partial charge is 0.479 e. The van der Waals surface area contributed by atoms with E-state index in [9.17, 15) is 13.2 Å². The highest BCUT2D eigenvalue weighted by Gasteiger charge is 2.30. The zero-order chi connectivity index (χ0) is 14.6. The lowest BCUT2D eigenvalue weighted by Gasteiger charge is -2.17. The van der Waals surface area contributed by atoms with Gasteiger partial charge in [-0.15, -0.1) is 6.58 Å². The van der Waals surface area contributed by atoms with Crippen molar-refractivity contribution in [3.05, 3.63) is 42.5 Å². The molecule has 5 nitrogen and oxygen atoms in total. The van der Waals surface area contributed by atoms with Gasteiger partial charge in [0.1, 0.15) is 0 Å². The van der Waals surface area contributed by atoms with Gasteiger partial charge in [0.25, 0.3) is 10.1 Å². The maximum absolute atomic E-state index is 12.0. The SMILES string of the molecule is C=CC(C)C(OS(=O)(=O)c1ccc(C)cc1)C(=O)O. The molecule has 1 aromatic rings. The summed E-state index contributed by atoms with van der Waals surface area (Å²) in [5, 5.41) is 8.99. The van der Waals surface area contributed by atoms with Crippen molar-refractivity contribution in [2.75, 3.05) is 0 Å². The summed E-state index contributed by atoms with van der Waals surface area (Å²) in [6, 6.07) is 5.98. The van der Waals surface area contributed by atoms with E-state index in [0.29, 0.717) is 0 Å². The number of aliphatic carboxylic acids is 1. The molecule has 1 rings (SSSR count). The van der Waals surface area contributed by atoms with Gasteiger partial charge in [-0.1, -0.05) is 30.7 Å². The van der Waals surface area contributed by atoms with Crippen LogP contribution in [0.2, 0.25) is 0 Å². The van der Waals surface area contributed by atoms with Gasteiger partial charge >= 0.3 is 5.97 Å². The van der Waals surface area contributed by atoms with Crippen LogP contribution in [0.3, 0.4) is 0 Å². The van der Waals surface area contributed by atoms with Gasteiger partial charge in [-0.25, -0.2) is 4.79 Å². The number of hydrogen-bond acceptors (Lipinski definition) is 4. The third kappa shape index (κ3) is 3.90. The van der Waals surface area contributed by atoms with Crippen LogP contribution in [0.15, 0.2) is 41.8 Å². The topological polar surface area (TPSA) is 80.7 Å². The van der Waals surface area contributed by atoms with Gasteiger partial charge in [0.05, 0.1) is 4.90 Å². The molecule has 1 N–H and O–H groups in total. The average Bonchev–Trinajstić information content (AvgIpc) is 2.35. The first-order valence-electron chi connectivity index (χ1n) is 5.63. The summed E-state index contributed by atoms with van der Waals surface area (Å²) >= 11 is 0. The molecule has 0 aliphatic heterocycles. The Balaban J connectivity index is 3.04. The number of carbonyl (C=O) groups is 1. The maximum atomic E-state index is 12.0. The Bertz CT molecular complexity index is 559. The van der Waals surface area contributed by atoms with E-state index in [0.717, 1.165) is 5.56 Å². The number of carboxylic acid groups (broad SMARTS) is 1. The zero-order valence-corrected chi connectivity index (χ0v) is 11.6. The van der Waals surface area contributed by atoms with E-state index in [-0.39, 0.29) is 4.90 Å². The maximum Gasteiger partial charge on any atom is 0.334 e. The molecule has 0 spiro atoms. The lowest BCUT2D eigenvalue weighted by molar-refractivity contribution is -0.146. The number of aryl methyl sites for hydroxylation is 1. The van der Waals surface area contributed by atoms with E-state index in [1.165, 1.54) is 25.1 Å². The van der Waals surface area contributed by atoms with Crippen molar-refractivity contribution in [2.24, 2.45) is 5.92 Å². The standard InChI is InChI=1S/C13H16O5S/c1-4-10(3)12(13(14)15)18-19(16,17)11-7-5-9(2)6-8-11/h4-8,10,12H,1H2,2-3H3,(H,14,15). The summed E-state index contributed by atoms with van der Waals surface area (Å²) in [7, 11) is -4.10. The molecule has 0 aliphatic rings. The van der Waals surface area contributed by atoms with Gasteiger partial charge in [-0.3, -0.25) is 4.18 Å². The van der Waals surface area contributed by atoms with Gasteiger partial charge < -0.3 is 5.11 Å². The van der Waals surface area contributed by atoms with Gasteiger partial charge in [0.15, 0.2) is 6.10 Å². The summed E-state index contributed by atoms with van der Waals surface area (Å²) < 4.78 is 28.7. The minimum absolute atomic E-state index is 0.0689. The lowest BCUT2D eigenvalue weighted by Crippen LogP contribution is -2.32. The molecular weight excluding hydrogens is 268 g/mol. The van der Waals surface area contributed by atoms with Crippen LogP contribution >= 0.6 is 0 Å². The third-order valence-corrected chi connectivity index (χ3v) is 3.94. The van der Waals surface area contributed by atoms with Gasteiger partial charge in [0, 0.05) is 5.92 Å². The smallest absolute Gasteiger partial charge is 0.334 e. The Hall–Kier alpha value is -1.66. The minimum Gasteiger partial charge on any atom is -0.479 e. The second kappa shape index (κ2) is 5.99. The molecule has 0 saturated carbocycles. The molecule has 0 heterocycles. The van der Waals surface area contributed by atoms with Crippen LogP contribution in [0.25, 0.3) is 0 Å². The second-order valence-electron chi connectivity index (χ2n) is 4.22. The average molecular weight is 284 g/mol. The van der Waals surface area contributed by atoms with Crippen molar-refractivity contribution < 1.29 is 22.5 Å². The molecule has 0 saturated heterocycles. The lowest BCUT2D eigenvalue weighted by atomic mass is 10.1. The predicted molar refractivity (Wildman–Crippen MR) is 70.2 cm³/mol. The monoisotopic (exact) mass is 284 g/mol. The predicted octanol–water partition coefficient (Wildman–Crippen LogP) is 1.98. The number of carboxylic acids is 1. The highest BCUT2D eigenvalue weighted by atomic mass is 32.2. The van der Waals surface area contributed by atoms with E-state index in [2.05, 4.69) is 6.58 Å². The molecule has 0 aliphatic carbocycles. The van der Waals surface area contributed by atoms with Crippen LogP contribution in [0.1, 0.15) is 12.5 Å². The molecule has 1 aromatic carbocycles. The van der Waals surface area contributed by atoms with Gasteiger partial charge in [-0.05, 0) is 19.1 Å². The molecule has 6 heteroatoms. The van der Waals surface area contributed by atoms with Crippen molar-refractivity contribution in [3.63, 3.8) is 0 Å². The van der Waals surface area contributed by atoms with Crippen LogP contribution in [0, 0.1) is 12.8 Å². The van der Waals surface area contributed by atoms with Crippen molar-refractivity contribution >= 4 is 16.1 Å². The number of benzene rings is 1. The van der Waals surface area contributed by atoms with Crippen LogP contribution < -0.4 is 0 Å². The fraction of sp³-hybridized carbons (Fsp3) is 0.308. The van der Waals surface area contributed by atoms with Crippen molar-refractivity contribution in [1.82, 2.24) is 0 Å². The highest BCUT2D eigenvalue weighted by molar-refractivity contribution is 7.86. The Morgan fingerprint density at radius 1 is 1.37 bits per heavy atom. The molecule has 2 atom stereocenters. The van der Waals surface area contributed by atoms with Gasteiger partial charge in [-0.2, -0.15) is 8.42 Å². The van der Waals surface area contributed by atoms with E-state index >= 15 is 0 Å². The molecule has 0 aromatic heterocycles. The van der Waals surface area contributed by atoms with Crippen molar-refractivity contribution in [2.45, 2.75) is 24.8 Å². The zero-order valence-electron chi connectivity index (χ0n) is 10.7. The van der Waals surface area contributed by atoms with Crippen LogP contribution in [-0.4, -0.2) is 25.6 Å². The van der Waals surface area contributed by atoms with Crippen LogP contribution in [0.5, 0.6) is 0 Å². The van der Waals surface area contributed by atoms with Gasteiger partial charge in [0.2, 0.25) is 0 Å². The summed E-state index contributed by atoms with van der Waals surface area (Å²) in [5.41, 5.74) is 0.896. The highest BCUT2D eigenvalue weighted by Crippen LogP contribution is 2.19. The number of rotatable bonds is 6. The number of hydrogen-bond donors (Lipinski definition) is 1. The fourth-order valence-corrected chi connectivity index (χ4v) is 2.49. The molecule has 104 valence electrons. The third-order valence-electron chi connectivity index (χ3n) is 2.63. The Morgan fingerprint density at radius 3 is 2.32 bits per heavy atom. The van der Waals surface area contributed by atoms with Crippen LogP contribution in [-0.2, 0) is 19.1 Å². The van der Waals surface area contributed by atoms with Crippen molar-refractivity contribution in [3.8, 4) is 0 Å². The normalized spacial score (nSPS) is 14.6. The summed E-state index contributed by atoms with van der Waals surface area (Å²) in [6.07, 6.45) is -0.146. The Morgan fingerprint density at radius 2 is 1.89 bits per heavy atom. The summed E-state index contributed by atoms with van der Waals surface area (Å²) in [5.74, 6) is -1.97. The van der Waals surface area contributed by atoms with Crippen LogP contribution in [0.4, 0.5) is 0 Å². The molecule has 0 bridgehead atoms. The van der Waals surface area contributed by atoms with E-state index in [1.807, 2.05) is 6.92 Å². The molecule has 2 unspecified atom stereocenters. The first-order valence-corrected chi connectivity index (χ1v) is 7.04. The minimum atomic E-state index is -4.10. The molecular formula is C13H16O5S. The molecule has 0 radical (unpaired) electrons. The van der Waals surface area contributed by atoms with Crippen molar-refractivity contribution in [1.29, 1.82) is 0 Å². The molecule has 0 amide bonds. The van der Waals surface area contributed by atoms with E-state index in [1.54, 1.807) is 12.1 Å². The fourth-order valence-electron chi connectivity index (χ4n) is 1.37. The summed E-state index contributed by atoms with van der Waals surface area (Å²) in [4.78, 5) is 11.0. The Labute approximate surface area is 112 Å².